The third kappa shape index (κ3) is 2.97. The lowest BCUT2D eigenvalue weighted by molar-refractivity contribution is -0.122. The third-order valence-electron chi connectivity index (χ3n) is 5.44. The van der Waals surface area contributed by atoms with Crippen LogP contribution in [-0.4, -0.2) is 15.9 Å². The van der Waals surface area contributed by atoms with Gasteiger partial charge in [0.25, 0.3) is 0 Å². The molecule has 3 aromatic rings. The number of nitrogens with one attached hydrogen (secondary N) is 2. The maximum Gasteiger partial charge on any atom is 0.224 e. The molecule has 7 heteroatoms. The summed E-state index contributed by atoms with van der Waals surface area (Å²) in [5.74, 6) is 1.05. The van der Waals surface area contributed by atoms with Crippen molar-refractivity contribution in [3.05, 3.63) is 45.5 Å². The van der Waals surface area contributed by atoms with Crippen LogP contribution in [0.15, 0.2) is 29.1 Å². The van der Waals surface area contributed by atoms with Crippen LogP contribution in [0.5, 0.6) is 5.75 Å². The Morgan fingerprint density at radius 1 is 1.42 bits per heavy atom. The van der Waals surface area contributed by atoms with Crippen LogP contribution >= 0.6 is 22.9 Å². The van der Waals surface area contributed by atoms with Gasteiger partial charge in [-0.3, -0.25) is 4.79 Å². The molecule has 2 aromatic heterocycles. The Hall–Kier alpha value is -2.05. The largest absolute Gasteiger partial charge is 0.486 e. The van der Waals surface area contributed by atoms with Gasteiger partial charge in [0.1, 0.15) is 12.4 Å². The fourth-order valence-electron chi connectivity index (χ4n) is 3.60. The van der Waals surface area contributed by atoms with Gasteiger partial charge in [-0.15, -0.1) is 11.3 Å². The van der Waals surface area contributed by atoms with Crippen LogP contribution in [0.25, 0.3) is 10.9 Å². The number of benzene rings is 1. The van der Waals surface area contributed by atoms with Crippen LogP contribution in [0.4, 0.5) is 0 Å². The number of carbonyl (C=O) groups excluding carboxylic acids is 1. The predicted octanol–water partition coefficient (Wildman–Crippen LogP) is 4.27. The minimum Gasteiger partial charge on any atom is -0.486 e. The summed E-state index contributed by atoms with van der Waals surface area (Å²) in [7, 11) is 0. The minimum absolute atomic E-state index is 0.187. The van der Waals surface area contributed by atoms with Crippen LogP contribution in [0.2, 0.25) is 5.02 Å². The zero-order valence-electron chi connectivity index (χ0n) is 14.0. The number of hydrogen-bond acceptors (Lipinski definition) is 4. The van der Waals surface area contributed by atoms with Gasteiger partial charge in [-0.05, 0) is 36.8 Å². The highest BCUT2D eigenvalue weighted by Crippen LogP contribution is 2.70. The molecule has 1 unspecified atom stereocenters. The van der Waals surface area contributed by atoms with Crippen molar-refractivity contribution in [2.45, 2.75) is 32.4 Å². The molecule has 0 saturated heterocycles. The SMILES string of the molecule is O=C(NCc1cc2cc(Cl)c(OCc3cscn3)cc2[nH]1)C1CC12CC2. The normalized spacial score (nSPS) is 19.7. The topological polar surface area (TPSA) is 67.0 Å². The van der Waals surface area contributed by atoms with Crippen molar-refractivity contribution in [2.24, 2.45) is 11.3 Å². The summed E-state index contributed by atoms with van der Waals surface area (Å²) in [5.41, 5.74) is 4.96. The summed E-state index contributed by atoms with van der Waals surface area (Å²) in [5, 5.41) is 6.57. The molecule has 1 spiro atoms. The summed E-state index contributed by atoms with van der Waals surface area (Å²) in [6.07, 6.45) is 3.51. The Kier molecular flexibility index (Phi) is 3.72. The summed E-state index contributed by atoms with van der Waals surface area (Å²) in [4.78, 5) is 19.7. The molecule has 2 aliphatic rings. The highest BCUT2D eigenvalue weighted by molar-refractivity contribution is 7.07. The number of hydrogen-bond donors (Lipinski definition) is 2. The van der Waals surface area contributed by atoms with Gasteiger partial charge in [-0.1, -0.05) is 11.6 Å². The number of aromatic nitrogens is 2. The van der Waals surface area contributed by atoms with E-state index in [0.29, 0.717) is 29.3 Å². The molecule has 2 saturated carbocycles. The fraction of sp³-hybridized carbons (Fsp3) is 0.368. The molecule has 2 N–H and O–H groups in total. The maximum absolute atomic E-state index is 12.2. The van der Waals surface area contributed by atoms with E-state index in [2.05, 4.69) is 15.3 Å². The fourth-order valence-corrected chi connectivity index (χ4v) is 4.37. The lowest BCUT2D eigenvalue weighted by Gasteiger charge is -2.06. The summed E-state index contributed by atoms with van der Waals surface area (Å²) in [6, 6.07) is 5.80. The Balaban J connectivity index is 1.27. The number of fused-ring (bicyclic) bond motifs is 1. The lowest BCUT2D eigenvalue weighted by atomic mass is 10.2. The Morgan fingerprint density at radius 2 is 2.31 bits per heavy atom. The van der Waals surface area contributed by atoms with E-state index in [9.17, 15) is 4.79 Å². The standard InChI is InChI=1S/C19H18ClN3O2S/c20-15-4-11-3-12(7-21-18(24)14-6-19(14)1-2-19)23-16(11)5-17(15)25-8-13-9-26-10-22-13/h3-5,9-10,14,23H,1-2,6-8H2,(H,21,24). The number of rotatable bonds is 6. The molecule has 0 bridgehead atoms. The molecular weight excluding hydrogens is 370 g/mol. The van der Waals surface area contributed by atoms with E-state index in [1.807, 2.05) is 23.6 Å². The van der Waals surface area contributed by atoms with Gasteiger partial charge < -0.3 is 15.0 Å². The third-order valence-corrected chi connectivity index (χ3v) is 6.37. The Labute approximate surface area is 159 Å². The van der Waals surface area contributed by atoms with E-state index in [1.54, 1.807) is 5.51 Å². The Bertz CT molecular complexity index is 978. The second-order valence-electron chi connectivity index (χ2n) is 7.27. The van der Waals surface area contributed by atoms with E-state index in [4.69, 9.17) is 16.3 Å². The van der Waals surface area contributed by atoms with E-state index in [0.717, 1.165) is 28.7 Å². The van der Waals surface area contributed by atoms with Crippen LogP contribution < -0.4 is 10.1 Å². The van der Waals surface area contributed by atoms with Gasteiger partial charge in [0, 0.05) is 34.0 Å². The molecule has 26 heavy (non-hydrogen) atoms. The minimum atomic E-state index is 0.187. The average molecular weight is 388 g/mol. The van der Waals surface area contributed by atoms with E-state index in [1.165, 1.54) is 24.2 Å². The molecule has 134 valence electrons. The van der Waals surface area contributed by atoms with Crippen molar-refractivity contribution in [1.29, 1.82) is 0 Å². The first-order valence-electron chi connectivity index (χ1n) is 8.72. The number of carbonyl (C=O) groups is 1. The summed E-state index contributed by atoms with van der Waals surface area (Å²) >= 11 is 7.88. The molecule has 1 aromatic carbocycles. The van der Waals surface area contributed by atoms with Crippen molar-refractivity contribution in [3.63, 3.8) is 0 Å². The van der Waals surface area contributed by atoms with Crippen molar-refractivity contribution in [2.75, 3.05) is 0 Å². The van der Waals surface area contributed by atoms with Crippen molar-refractivity contribution < 1.29 is 9.53 Å². The molecular formula is C19H18ClN3O2S. The van der Waals surface area contributed by atoms with Gasteiger partial charge in [0.2, 0.25) is 5.91 Å². The van der Waals surface area contributed by atoms with Crippen molar-refractivity contribution in [3.8, 4) is 5.75 Å². The number of ether oxygens (including phenoxy) is 1. The number of thiazole rings is 1. The van der Waals surface area contributed by atoms with Crippen LogP contribution in [0.3, 0.4) is 0 Å². The van der Waals surface area contributed by atoms with E-state index < -0.39 is 0 Å². The Morgan fingerprint density at radius 3 is 3.04 bits per heavy atom. The highest BCUT2D eigenvalue weighted by Gasteiger charge is 2.65. The number of nitrogens with zero attached hydrogens (tertiary/aromatic N) is 1. The van der Waals surface area contributed by atoms with Gasteiger partial charge >= 0.3 is 0 Å². The summed E-state index contributed by atoms with van der Waals surface area (Å²) in [6.45, 7) is 0.897. The van der Waals surface area contributed by atoms with Crippen LogP contribution in [0, 0.1) is 11.3 Å². The molecule has 5 nitrogen and oxygen atoms in total. The average Bonchev–Trinajstić information content (AvgIpc) is 3.43. The molecule has 2 fully saturated rings. The van der Waals surface area contributed by atoms with Gasteiger partial charge in [0.15, 0.2) is 0 Å². The van der Waals surface area contributed by atoms with Gasteiger partial charge in [0.05, 0.1) is 22.8 Å². The molecule has 0 radical (unpaired) electrons. The van der Waals surface area contributed by atoms with Gasteiger partial charge in [-0.2, -0.15) is 0 Å². The lowest BCUT2D eigenvalue weighted by Crippen LogP contribution is -2.25. The quantitative estimate of drug-likeness (QED) is 0.663. The molecule has 0 aliphatic heterocycles. The highest BCUT2D eigenvalue weighted by atomic mass is 35.5. The molecule has 2 heterocycles. The molecule has 1 atom stereocenters. The smallest absolute Gasteiger partial charge is 0.224 e. The monoisotopic (exact) mass is 387 g/mol. The zero-order chi connectivity index (χ0) is 17.7. The molecule has 2 aliphatic carbocycles. The van der Waals surface area contributed by atoms with Crippen molar-refractivity contribution >= 4 is 39.7 Å². The first-order chi connectivity index (χ1) is 12.6. The molecule has 5 rings (SSSR count). The predicted molar refractivity (Wildman–Crippen MR) is 101 cm³/mol. The number of H-pyrrole nitrogens is 1. The van der Waals surface area contributed by atoms with Gasteiger partial charge in [-0.25, -0.2) is 4.98 Å². The number of halogens is 1. The number of amides is 1. The van der Waals surface area contributed by atoms with Crippen LogP contribution in [0.1, 0.15) is 30.7 Å². The van der Waals surface area contributed by atoms with Crippen LogP contribution in [-0.2, 0) is 17.9 Å². The first-order valence-corrected chi connectivity index (χ1v) is 10.0. The maximum atomic E-state index is 12.2. The zero-order valence-corrected chi connectivity index (χ0v) is 15.6. The molecule has 1 amide bonds. The summed E-state index contributed by atoms with van der Waals surface area (Å²) < 4.78 is 5.79. The number of aromatic amines is 1. The first kappa shape index (κ1) is 16.1. The van der Waals surface area contributed by atoms with E-state index >= 15 is 0 Å². The second-order valence-corrected chi connectivity index (χ2v) is 8.40. The van der Waals surface area contributed by atoms with E-state index in [-0.39, 0.29) is 11.8 Å². The van der Waals surface area contributed by atoms with Crippen molar-refractivity contribution in [1.82, 2.24) is 15.3 Å². The second kappa shape index (κ2) is 5.99.